The highest BCUT2D eigenvalue weighted by molar-refractivity contribution is 5.94. The van der Waals surface area contributed by atoms with Crippen molar-refractivity contribution in [2.45, 2.75) is 13.1 Å². The van der Waals surface area contributed by atoms with Crippen LogP contribution in [0.25, 0.3) is 0 Å². The first-order valence-corrected chi connectivity index (χ1v) is 8.68. The Bertz CT molecular complexity index is 898. The van der Waals surface area contributed by atoms with Gasteiger partial charge in [0.1, 0.15) is 0 Å². The highest BCUT2D eigenvalue weighted by atomic mass is 16.2. The molecule has 0 aliphatic heterocycles. The average Bonchev–Trinajstić information content (AvgIpc) is 3.19. The first-order valence-electron chi connectivity index (χ1n) is 8.68. The van der Waals surface area contributed by atoms with E-state index in [1.807, 2.05) is 53.3 Å². The smallest absolute Gasteiger partial charge is 0.253 e. The Morgan fingerprint density at radius 3 is 2.19 bits per heavy atom. The normalized spacial score (nSPS) is 10.4. The molecule has 0 unspecified atom stereocenters. The molecule has 0 fully saturated rings. The molecular formula is C21H22N4O2. The van der Waals surface area contributed by atoms with Crippen LogP contribution in [0.15, 0.2) is 67.0 Å². The Morgan fingerprint density at radius 1 is 0.963 bits per heavy atom. The van der Waals surface area contributed by atoms with Crippen LogP contribution in [0.3, 0.4) is 0 Å². The number of amides is 2. The fourth-order valence-electron chi connectivity index (χ4n) is 2.65. The second-order valence-corrected chi connectivity index (χ2v) is 6.48. The van der Waals surface area contributed by atoms with E-state index in [4.69, 9.17) is 0 Å². The summed E-state index contributed by atoms with van der Waals surface area (Å²) in [6.07, 6.45) is 3.64. The van der Waals surface area contributed by atoms with E-state index in [1.165, 1.54) is 4.90 Å². The lowest BCUT2D eigenvalue weighted by Crippen LogP contribution is -2.23. The Labute approximate surface area is 158 Å². The molecule has 0 spiro atoms. The molecule has 0 bridgehead atoms. The van der Waals surface area contributed by atoms with Crippen molar-refractivity contribution >= 4 is 11.8 Å². The molecule has 2 amide bonds. The number of carbonyl (C=O) groups excluding carboxylic acids is 2. The van der Waals surface area contributed by atoms with E-state index in [2.05, 4.69) is 10.4 Å². The van der Waals surface area contributed by atoms with E-state index in [0.717, 1.165) is 11.1 Å². The lowest BCUT2D eigenvalue weighted by atomic mass is 10.1. The lowest BCUT2D eigenvalue weighted by molar-refractivity contribution is 0.0827. The van der Waals surface area contributed by atoms with E-state index >= 15 is 0 Å². The topological polar surface area (TPSA) is 67.2 Å². The maximum absolute atomic E-state index is 12.3. The summed E-state index contributed by atoms with van der Waals surface area (Å²) in [5.74, 6) is -0.171. The van der Waals surface area contributed by atoms with Crippen molar-refractivity contribution in [1.29, 1.82) is 0 Å². The molecule has 27 heavy (non-hydrogen) atoms. The zero-order valence-electron chi connectivity index (χ0n) is 15.4. The quantitative estimate of drug-likeness (QED) is 0.733. The number of nitrogens with one attached hydrogen (secondary N) is 1. The molecule has 138 valence electrons. The van der Waals surface area contributed by atoms with Gasteiger partial charge in [0, 0.05) is 44.2 Å². The Balaban J connectivity index is 1.55. The van der Waals surface area contributed by atoms with E-state index in [1.54, 1.807) is 32.4 Å². The number of benzene rings is 2. The molecule has 2 aromatic carbocycles. The zero-order valence-corrected chi connectivity index (χ0v) is 15.4. The molecule has 0 aliphatic rings. The molecule has 0 saturated carbocycles. The first kappa shape index (κ1) is 18.4. The third-order valence-electron chi connectivity index (χ3n) is 4.18. The molecule has 6 nitrogen and oxygen atoms in total. The van der Waals surface area contributed by atoms with Crippen LogP contribution in [0.5, 0.6) is 0 Å². The average molecular weight is 362 g/mol. The summed E-state index contributed by atoms with van der Waals surface area (Å²) < 4.78 is 1.83. The number of aromatic nitrogens is 2. The predicted molar refractivity (Wildman–Crippen MR) is 103 cm³/mol. The second-order valence-electron chi connectivity index (χ2n) is 6.48. The molecule has 6 heteroatoms. The van der Waals surface area contributed by atoms with Gasteiger partial charge in [-0.2, -0.15) is 5.10 Å². The number of nitrogens with zero attached hydrogens (tertiary/aromatic N) is 3. The van der Waals surface area contributed by atoms with Gasteiger partial charge >= 0.3 is 0 Å². The summed E-state index contributed by atoms with van der Waals surface area (Å²) >= 11 is 0. The monoisotopic (exact) mass is 362 g/mol. The van der Waals surface area contributed by atoms with Crippen molar-refractivity contribution in [3.63, 3.8) is 0 Å². The van der Waals surface area contributed by atoms with E-state index < -0.39 is 0 Å². The molecular weight excluding hydrogens is 340 g/mol. The van der Waals surface area contributed by atoms with Gasteiger partial charge in [0.2, 0.25) is 0 Å². The van der Waals surface area contributed by atoms with Crippen LogP contribution in [0.2, 0.25) is 0 Å². The standard InChI is InChI=1S/C21H22N4O2/c1-24(2)21(27)19-10-4-16(5-11-19)14-22-20(26)18-8-6-17(7-9-18)15-25-13-3-12-23-25/h3-13H,14-15H2,1-2H3,(H,22,26). The lowest BCUT2D eigenvalue weighted by Gasteiger charge is -2.11. The van der Waals surface area contributed by atoms with Crippen molar-refractivity contribution in [2.24, 2.45) is 0 Å². The van der Waals surface area contributed by atoms with E-state index in [9.17, 15) is 9.59 Å². The molecule has 0 saturated heterocycles. The van der Waals surface area contributed by atoms with Crippen LogP contribution in [-0.4, -0.2) is 40.6 Å². The summed E-state index contributed by atoms with van der Waals surface area (Å²) in [5, 5.41) is 7.07. The largest absolute Gasteiger partial charge is 0.348 e. The molecule has 1 heterocycles. The minimum Gasteiger partial charge on any atom is -0.348 e. The SMILES string of the molecule is CN(C)C(=O)c1ccc(CNC(=O)c2ccc(Cn3cccn3)cc2)cc1. The minimum atomic E-state index is -0.130. The minimum absolute atomic E-state index is 0.0409. The summed E-state index contributed by atoms with van der Waals surface area (Å²) in [5.41, 5.74) is 3.26. The maximum atomic E-state index is 12.3. The van der Waals surface area contributed by atoms with E-state index in [0.29, 0.717) is 24.2 Å². The van der Waals surface area contributed by atoms with Gasteiger partial charge in [-0.25, -0.2) is 0 Å². The fourth-order valence-corrected chi connectivity index (χ4v) is 2.65. The summed E-state index contributed by atoms with van der Waals surface area (Å²) in [7, 11) is 3.44. The van der Waals surface area contributed by atoms with E-state index in [-0.39, 0.29) is 11.8 Å². The molecule has 1 N–H and O–H groups in total. The highest BCUT2D eigenvalue weighted by Crippen LogP contribution is 2.09. The molecule has 3 aromatic rings. The molecule has 0 radical (unpaired) electrons. The Kier molecular flexibility index (Phi) is 5.66. The molecule has 0 atom stereocenters. The molecule has 0 aliphatic carbocycles. The van der Waals surface area contributed by atoms with Crippen LogP contribution < -0.4 is 5.32 Å². The molecule has 1 aromatic heterocycles. The van der Waals surface area contributed by atoms with Crippen molar-refractivity contribution in [2.75, 3.05) is 14.1 Å². The van der Waals surface area contributed by atoms with Gasteiger partial charge in [-0.1, -0.05) is 24.3 Å². The number of rotatable bonds is 6. The van der Waals surface area contributed by atoms with Gasteiger partial charge in [-0.15, -0.1) is 0 Å². The van der Waals surface area contributed by atoms with Crippen LogP contribution in [0.1, 0.15) is 31.8 Å². The summed E-state index contributed by atoms with van der Waals surface area (Å²) in [6, 6.07) is 16.6. The third kappa shape index (κ3) is 4.82. The number of hydrogen-bond acceptors (Lipinski definition) is 3. The first-order chi connectivity index (χ1) is 13.0. The number of hydrogen-bond donors (Lipinski definition) is 1. The van der Waals surface area contributed by atoms with Gasteiger partial charge in [-0.3, -0.25) is 14.3 Å². The third-order valence-corrected chi connectivity index (χ3v) is 4.18. The van der Waals surface area contributed by atoms with Crippen molar-refractivity contribution in [3.05, 3.63) is 89.2 Å². The van der Waals surface area contributed by atoms with Gasteiger partial charge < -0.3 is 10.2 Å². The molecule has 3 rings (SSSR count). The Hall–Kier alpha value is -3.41. The van der Waals surface area contributed by atoms with Gasteiger partial charge in [0.05, 0.1) is 6.54 Å². The predicted octanol–water partition coefficient (Wildman–Crippen LogP) is 2.56. The van der Waals surface area contributed by atoms with Crippen LogP contribution in [-0.2, 0) is 13.1 Å². The summed E-state index contributed by atoms with van der Waals surface area (Å²) in [4.78, 5) is 25.7. The van der Waals surface area contributed by atoms with Crippen LogP contribution in [0.4, 0.5) is 0 Å². The van der Waals surface area contributed by atoms with Gasteiger partial charge in [-0.05, 0) is 41.5 Å². The zero-order chi connectivity index (χ0) is 19.2. The highest BCUT2D eigenvalue weighted by Gasteiger charge is 2.08. The van der Waals surface area contributed by atoms with Crippen LogP contribution in [0, 0.1) is 0 Å². The van der Waals surface area contributed by atoms with Crippen molar-refractivity contribution < 1.29 is 9.59 Å². The fraction of sp³-hybridized carbons (Fsp3) is 0.190. The van der Waals surface area contributed by atoms with Gasteiger partial charge in [0.25, 0.3) is 11.8 Å². The van der Waals surface area contributed by atoms with Crippen LogP contribution >= 0.6 is 0 Å². The van der Waals surface area contributed by atoms with Crippen molar-refractivity contribution in [1.82, 2.24) is 20.0 Å². The number of carbonyl (C=O) groups is 2. The van der Waals surface area contributed by atoms with Crippen molar-refractivity contribution in [3.8, 4) is 0 Å². The summed E-state index contributed by atoms with van der Waals surface area (Å²) in [6.45, 7) is 1.08. The second kappa shape index (κ2) is 8.31. The maximum Gasteiger partial charge on any atom is 0.253 e. The Morgan fingerprint density at radius 2 is 1.59 bits per heavy atom. The van der Waals surface area contributed by atoms with Gasteiger partial charge in [0.15, 0.2) is 0 Å².